The fraction of sp³-hybridized carbons (Fsp3) is 0.615. The summed E-state index contributed by atoms with van der Waals surface area (Å²) in [6, 6.07) is 4.10. The molecule has 5 heteroatoms. The molecule has 1 aromatic rings. The summed E-state index contributed by atoms with van der Waals surface area (Å²) >= 11 is 1.73. The van der Waals surface area contributed by atoms with Crippen LogP contribution in [0.25, 0.3) is 0 Å². The monoisotopic (exact) mass is 268 g/mol. The van der Waals surface area contributed by atoms with E-state index in [9.17, 15) is 4.79 Å². The van der Waals surface area contributed by atoms with Crippen LogP contribution in [0.4, 0.5) is 0 Å². The van der Waals surface area contributed by atoms with Crippen LogP contribution >= 0.6 is 11.3 Å². The van der Waals surface area contributed by atoms with E-state index in [0.29, 0.717) is 0 Å². The van der Waals surface area contributed by atoms with Gasteiger partial charge in [-0.1, -0.05) is 0 Å². The minimum absolute atomic E-state index is 0.0631. The topological polar surface area (TPSA) is 50.4 Å². The van der Waals surface area contributed by atoms with Gasteiger partial charge < -0.3 is 15.4 Å². The lowest BCUT2D eigenvalue weighted by Crippen LogP contribution is -2.41. The highest BCUT2D eigenvalue weighted by Crippen LogP contribution is 2.22. The summed E-state index contributed by atoms with van der Waals surface area (Å²) in [7, 11) is 1.68. The summed E-state index contributed by atoms with van der Waals surface area (Å²) in [5.41, 5.74) is 0. The average molecular weight is 268 g/mol. The van der Waals surface area contributed by atoms with Crippen molar-refractivity contribution in [3.8, 4) is 0 Å². The van der Waals surface area contributed by atoms with Crippen LogP contribution in [0.2, 0.25) is 0 Å². The van der Waals surface area contributed by atoms with Crippen molar-refractivity contribution in [2.24, 2.45) is 0 Å². The molecule has 0 bridgehead atoms. The fourth-order valence-electron chi connectivity index (χ4n) is 2.15. The maximum absolute atomic E-state index is 12.1. The van der Waals surface area contributed by atoms with E-state index in [4.69, 9.17) is 4.74 Å². The molecule has 1 saturated heterocycles. The van der Waals surface area contributed by atoms with Gasteiger partial charge in [0.05, 0.1) is 18.2 Å². The van der Waals surface area contributed by atoms with E-state index in [1.807, 2.05) is 6.92 Å². The summed E-state index contributed by atoms with van der Waals surface area (Å²) in [5, 5.41) is 6.24. The zero-order valence-electron chi connectivity index (χ0n) is 11.0. The predicted molar refractivity (Wildman–Crippen MR) is 72.8 cm³/mol. The molecule has 0 aromatic carbocycles. The van der Waals surface area contributed by atoms with Crippen LogP contribution in [0.5, 0.6) is 0 Å². The van der Waals surface area contributed by atoms with E-state index in [-0.39, 0.29) is 24.1 Å². The number of hydrogen-bond donors (Lipinski definition) is 2. The third-order valence-corrected chi connectivity index (χ3v) is 4.47. The number of carbonyl (C=O) groups is 1. The van der Waals surface area contributed by atoms with Crippen molar-refractivity contribution in [1.29, 1.82) is 0 Å². The second-order valence-corrected chi connectivity index (χ2v) is 6.05. The Labute approximate surface area is 112 Å². The first-order chi connectivity index (χ1) is 8.60. The second kappa shape index (κ2) is 5.82. The van der Waals surface area contributed by atoms with Crippen LogP contribution in [0, 0.1) is 6.92 Å². The Hall–Kier alpha value is -0.910. The Balaban J connectivity index is 1.88. The van der Waals surface area contributed by atoms with Crippen molar-refractivity contribution in [1.82, 2.24) is 10.6 Å². The smallest absolute Gasteiger partial charge is 0.237 e. The van der Waals surface area contributed by atoms with E-state index < -0.39 is 0 Å². The van der Waals surface area contributed by atoms with E-state index in [0.717, 1.165) is 13.0 Å². The van der Waals surface area contributed by atoms with Gasteiger partial charge in [-0.05, 0) is 32.4 Å². The molecule has 1 aliphatic rings. The normalized spacial score (nSPS) is 25.1. The number of aryl methyl sites for hydroxylation is 1. The highest BCUT2D eigenvalue weighted by atomic mass is 32.1. The molecule has 18 heavy (non-hydrogen) atoms. The largest absolute Gasteiger partial charge is 0.380 e. The molecule has 1 amide bonds. The molecule has 2 N–H and O–H groups in total. The summed E-state index contributed by atoms with van der Waals surface area (Å²) in [5.74, 6) is 0.0631. The van der Waals surface area contributed by atoms with Gasteiger partial charge in [0.25, 0.3) is 0 Å². The lowest BCUT2D eigenvalue weighted by molar-refractivity contribution is -0.123. The Morgan fingerprint density at radius 3 is 2.94 bits per heavy atom. The van der Waals surface area contributed by atoms with Gasteiger partial charge >= 0.3 is 0 Å². The Morgan fingerprint density at radius 2 is 2.39 bits per heavy atom. The highest BCUT2D eigenvalue weighted by molar-refractivity contribution is 7.12. The van der Waals surface area contributed by atoms with Gasteiger partial charge in [0.2, 0.25) is 5.91 Å². The standard InChI is InChI=1S/C13H20N2O2S/c1-8-4-5-12(18-8)9(2)15-13(16)11-6-10(17-3)7-14-11/h4-5,9-11,14H,6-7H2,1-3H3,(H,15,16). The Bertz CT molecular complexity index is 419. The highest BCUT2D eigenvalue weighted by Gasteiger charge is 2.30. The van der Waals surface area contributed by atoms with Gasteiger partial charge in [-0.2, -0.15) is 0 Å². The molecule has 2 heterocycles. The Morgan fingerprint density at radius 1 is 1.61 bits per heavy atom. The van der Waals surface area contributed by atoms with E-state index in [1.165, 1.54) is 9.75 Å². The maximum atomic E-state index is 12.1. The molecule has 100 valence electrons. The third-order valence-electron chi connectivity index (χ3n) is 3.29. The number of carbonyl (C=O) groups excluding carboxylic acids is 1. The van der Waals surface area contributed by atoms with Crippen molar-refractivity contribution >= 4 is 17.2 Å². The van der Waals surface area contributed by atoms with Crippen LogP contribution in [0.1, 0.15) is 29.1 Å². The molecule has 0 radical (unpaired) electrons. The zero-order valence-corrected chi connectivity index (χ0v) is 11.8. The molecular formula is C13H20N2O2S. The summed E-state index contributed by atoms with van der Waals surface area (Å²) in [4.78, 5) is 14.5. The van der Waals surface area contributed by atoms with Crippen molar-refractivity contribution in [2.45, 2.75) is 38.5 Å². The number of nitrogens with one attached hydrogen (secondary N) is 2. The molecule has 0 aliphatic carbocycles. The molecule has 4 nitrogen and oxygen atoms in total. The number of methoxy groups -OCH3 is 1. The average Bonchev–Trinajstić information content (AvgIpc) is 2.97. The predicted octanol–water partition coefficient (Wildman–Crippen LogP) is 1.61. The molecule has 1 aliphatic heterocycles. The molecule has 0 saturated carbocycles. The molecule has 2 rings (SSSR count). The van der Waals surface area contributed by atoms with E-state index in [2.05, 4.69) is 29.7 Å². The van der Waals surface area contributed by atoms with Crippen molar-refractivity contribution in [3.63, 3.8) is 0 Å². The fourth-order valence-corrected chi connectivity index (χ4v) is 3.03. The molecule has 0 spiro atoms. The van der Waals surface area contributed by atoms with Crippen LogP contribution in [0.3, 0.4) is 0 Å². The minimum atomic E-state index is -0.126. The van der Waals surface area contributed by atoms with Crippen LogP contribution in [-0.4, -0.2) is 31.7 Å². The zero-order chi connectivity index (χ0) is 13.1. The molecular weight excluding hydrogens is 248 g/mol. The van der Waals surface area contributed by atoms with E-state index >= 15 is 0 Å². The van der Waals surface area contributed by atoms with Gasteiger partial charge in [0.1, 0.15) is 0 Å². The van der Waals surface area contributed by atoms with Crippen molar-refractivity contribution in [2.75, 3.05) is 13.7 Å². The minimum Gasteiger partial charge on any atom is -0.380 e. The van der Waals surface area contributed by atoms with Gasteiger partial charge in [-0.25, -0.2) is 0 Å². The molecule has 1 fully saturated rings. The number of rotatable bonds is 4. The SMILES string of the molecule is COC1CNC(C(=O)NC(C)c2ccc(C)s2)C1. The van der Waals surface area contributed by atoms with Gasteiger partial charge in [-0.15, -0.1) is 11.3 Å². The van der Waals surface area contributed by atoms with Gasteiger partial charge in [0.15, 0.2) is 0 Å². The summed E-state index contributed by atoms with van der Waals surface area (Å²) < 4.78 is 5.24. The van der Waals surface area contributed by atoms with Crippen LogP contribution in [-0.2, 0) is 9.53 Å². The first kappa shape index (κ1) is 13.5. The third kappa shape index (κ3) is 3.10. The molecule has 1 aromatic heterocycles. The second-order valence-electron chi connectivity index (χ2n) is 4.73. The molecule has 3 atom stereocenters. The quantitative estimate of drug-likeness (QED) is 0.872. The van der Waals surface area contributed by atoms with Crippen molar-refractivity contribution < 1.29 is 9.53 Å². The lowest BCUT2D eigenvalue weighted by Gasteiger charge is -2.16. The summed E-state index contributed by atoms with van der Waals surface area (Å²) in [6.45, 7) is 4.84. The maximum Gasteiger partial charge on any atom is 0.237 e. The molecule has 3 unspecified atom stereocenters. The number of amides is 1. The van der Waals surface area contributed by atoms with E-state index in [1.54, 1.807) is 18.4 Å². The first-order valence-corrected chi connectivity index (χ1v) is 7.04. The lowest BCUT2D eigenvalue weighted by atomic mass is 10.1. The van der Waals surface area contributed by atoms with Gasteiger partial charge in [0, 0.05) is 23.4 Å². The van der Waals surface area contributed by atoms with Crippen LogP contribution < -0.4 is 10.6 Å². The number of ether oxygens (including phenoxy) is 1. The van der Waals surface area contributed by atoms with Crippen LogP contribution in [0.15, 0.2) is 12.1 Å². The summed E-state index contributed by atoms with van der Waals surface area (Å²) in [6.07, 6.45) is 0.901. The first-order valence-electron chi connectivity index (χ1n) is 6.23. The number of hydrogen-bond acceptors (Lipinski definition) is 4. The Kier molecular flexibility index (Phi) is 4.37. The van der Waals surface area contributed by atoms with Gasteiger partial charge in [-0.3, -0.25) is 4.79 Å². The van der Waals surface area contributed by atoms with Crippen molar-refractivity contribution in [3.05, 3.63) is 21.9 Å². The number of thiophene rings is 1.